The molecule has 2 N–H and O–H groups in total. The van der Waals surface area contributed by atoms with Gasteiger partial charge in [0.1, 0.15) is 11.5 Å². The monoisotopic (exact) mass is 366 g/mol. The second-order valence-corrected chi connectivity index (χ2v) is 8.05. The molecular weight excluding hydrogens is 343 g/mol. The number of aromatic nitrogens is 3. The quantitative estimate of drug-likeness (QED) is 0.730. The largest absolute Gasteiger partial charge is 0.360 e. The minimum absolute atomic E-state index is 0.0175. The fourth-order valence-electron chi connectivity index (χ4n) is 3.95. The predicted octanol–water partition coefficient (Wildman–Crippen LogP) is 4.20. The van der Waals surface area contributed by atoms with Gasteiger partial charge in [0.05, 0.1) is 5.69 Å². The van der Waals surface area contributed by atoms with Gasteiger partial charge >= 0.3 is 0 Å². The van der Waals surface area contributed by atoms with E-state index in [2.05, 4.69) is 35.1 Å². The number of H-pyrrole nitrogens is 2. The fourth-order valence-corrected chi connectivity index (χ4v) is 3.95. The molecule has 1 aromatic carbocycles. The first kappa shape index (κ1) is 17.5. The molecule has 1 aliphatic rings. The van der Waals surface area contributed by atoms with Crippen LogP contribution in [0, 0.1) is 11.2 Å². The van der Waals surface area contributed by atoms with Crippen LogP contribution < -0.4 is 0 Å². The number of nitrogens with zero attached hydrogens (tertiary/aromatic N) is 2. The Morgan fingerprint density at radius 2 is 2.04 bits per heavy atom. The third-order valence-electron chi connectivity index (χ3n) is 5.15. The fraction of sp³-hybridized carbons (Fsp3) is 0.333. The first-order valence-electron chi connectivity index (χ1n) is 9.15. The van der Waals surface area contributed by atoms with Gasteiger partial charge in [-0.25, -0.2) is 4.39 Å². The Balaban J connectivity index is 1.57. The second kappa shape index (κ2) is 6.68. The summed E-state index contributed by atoms with van der Waals surface area (Å²) >= 11 is 0. The number of hydrogen-bond donors (Lipinski definition) is 2. The molecular formula is C21H23FN4O. The van der Waals surface area contributed by atoms with Gasteiger partial charge in [-0.15, -0.1) is 0 Å². The SMILES string of the molecule is CC1(C)CC(c2cc(-c3ccc[nH]3)n[nH]2)CN(C(=O)c2ccc(F)cc2)C1. The van der Waals surface area contributed by atoms with Gasteiger partial charge in [0.2, 0.25) is 0 Å². The maximum atomic E-state index is 13.2. The molecule has 3 heterocycles. The van der Waals surface area contributed by atoms with Gasteiger partial charge in [0, 0.05) is 36.5 Å². The summed E-state index contributed by atoms with van der Waals surface area (Å²) in [5.74, 6) is -0.219. The smallest absolute Gasteiger partial charge is 0.253 e. The van der Waals surface area contributed by atoms with Gasteiger partial charge < -0.3 is 9.88 Å². The number of hydrogen-bond acceptors (Lipinski definition) is 2. The van der Waals surface area contributed by atoms with E-state index in [-0.39, 0.29) is 23.1 Å². The van der Waals surface area contributed by atoms with E-state index in [1.54, 1.807) is 12.1 Å². The zero-order valence-electron chi connectivity index (χ0n) is 15.5. The lowest BCUT2D eigenvalue weighted by Gasteiger charge is -2.42. The van der Waals surface area contributed by atoms with Crippen LogP contribution in [-0.4, -0.2) is 39.1 Å². The Morgan fingerprint density at radius 1 is 1.26 bits per heavy atom. The topological polar surface area (TPSA) is 64.8 Å². The van der Waals surface area contributed by atoms with E-state index < -0.39 is 0 Å². The summed E-state index contributed by atoms with van der Waals surface area (Å²) < 4.78 is 13.2. The van der Waals surface area contributed by atoms with Crippen LogP contribution in [-0.2, 0) is 0 Å². The van der Waals surface area contributed by atoms with Crippen LogP contribution in [0.25, 0.3) is 11.4 Å². The number of piperidine rings is 1. The highest BCUT2D eigenvalue weighted by Gasteiger charge is 2.36. The van der Waals surface area contributed by atoms with Crippen molar-refractivity contribution >= 4 is 5.91 Å². The van der Waals surface area contributed by atoms with E-state index >= 15 is 0 Å². The lowest BCUT2D eigenvalue weighted by atomic mass is 9.77. The van der Waals surface area contributed by atoms with E-state index in [1.165, 1.54) is 12.1 Å². The van der Waals surface area contributed by atoms with Crippen molar-refractivity contribution in [3.8, 4) is 11.4 Å². The van der Waals surface area contributed by atoms with Gasteiger partial charge in [-0.05, 0) is 54.3 Å². The highest BCUT2D eigenvalue weighted by molar-refractivity contribution is 5.94. The number of aromatic amines is 2. The summed E-state index contributed by atoms with van der Waals surface area (Å²) in [4.78, 5) is 18.0. The molecule has 140 valence electrons. The van der Waals surface area contributed by atoms with Crippen LogP contribution >= 0.6 is 0 Å². The first-order valence-corrected chi connectivity index (χ1v) is 9.15. The molecule has 1 amide bonds. The maximum absolute atomic E-state index is 13.2. The van der Waals surface area contributed by atoms with Crippen molar-refractivity contribution < 1.29 is 9.18 Å². The molecule has 0 radical (unpaired) electrons. The van der Waals surface area contributed by atoms with Crippen LogP contribution in [0.2, 0.25) is 0 Å². The zero-order valence-corrected chi connectivity index (χ0v) is 15.5. The summed E-state index contributed by atoms with van der Waals surface area (Å²) in [5.41, 5.74) is 3.37. The molecule has 1 unspecified atom stereocenters. The molecule has 6 heteroatoms. The van der Waals surface area contributed by atoms with Gasteiger partial charge in [-0.3, -0.25) is 9.89 Å². The average molecular weight is 366 g/mol. The highest BCUT2D eigenvalue weighted by Crippen LogP contribution is 2.38. The number of carbonyl (C=O) groups excluding carboxylic acids is 1. The molecule has 1 saturated heterocycles. The van der Waals surface area contributed by atoms with Crippen molar-refractivity contribution in [2.75, 3.05) is 13.1 Å². The van der Waals surface area contributed by atoms with Crippen molar-refractivity contribution in [1.29, 1.82) is 0 Å². The predicted molar refractivity (Wildman–Crippen MR) is 102 cm³/mol. The Morgan fingerprint density at radius 3 is 2.74 bits per heavy atom. The van der Waals surface area contributed by atoms with Gasteiger partial charge in [0.15, 0.2) is 0 Å². The first-order chi connectivity index (χ1) is 12.9. The zero-order chi connectivity index (χ0) is 19.0. The van der Waals surface area contributed by atoms with Crippen LogP contribution in [0.1, 0.15) is 42.2 Å². The van der Waals surface area contributed by atoms with Crippen molar-refractivity contribution in [2.45, 2.75) is 26.2 Å². The van der Waals surface area contributed by atoms with Crippen molar-refractivity contribution in [1.82, 2.24) is 20.1 Å². The summed E-state index contributed by atoms with van der Waals surface area (Å²) in [6, 6.07) is 11.7. The van der Waals surface area contributed by atoms with Crippen molar-refractivity contribution in [3.63, 3.8) is 0 Å². The van der Waals surface area contributed by atoms with E-state index in [4.69, 9.17) is 0 Å². The van der Waals surface area contributed by atoms with Gasteiger partial charge in [-0.2, -0.15) is 5.10 Å². The number of halogens is 1. The van der Waals surface area contributed by atoms with Crippen LogP contribution in [0.15, 0.2) is 48.7 Å². The lowest BCUT2D eigenvalue weighted by Crippen LogP contribution is -2.46. The Hall–Kier alpha value is -2.89. The number of benzene rings is 1. The Bertz CT molecular complexity index is 928. The number of carbonyl (C=O) groups is 1. The van der Waals surface area contributed by atoms with Crippen LogP contribution in [0.3, 0.4) is 0 Å². The molecule has 27 heavy (non-hydrogen) atoms. The third kappa shape index (κ3) is 3.65. The minimum Gasteiger partial charge on any atom is -0.360 e. The highest BCUT2D eigenvalue weighted by atomic mass is 19.1. The molecule has 1 fully saturated rings. The summed E-state index contributed by atoms with van der Waals surface area (Å²) in [5, 5.41) is 7.57. The van der Waals surface area contributed by atoms with Gasteiger partial charge in [0.25, 0.3) is 5.91 Å². The molecule has 4 rings (SSSR count). The number of likely N-dealkylation sites (tertiary alicyclic amines) is 1. The molecule has 3 aromatic rings. The Kier molecular flexibility index (Phi) is 4.34. The minimum atomic E-state index is -0.335. The average Bonchev–Trinajstić information content (AvgIpc) is 3.32. The standard InChI is InChI=1S/C21H23FN4O/c1-21(2)11-15(18-10-19(25-24-18)17-4-3-9-23-17)12-26(13-21)20(27)14-5-7-16(22)8-6-14/h3-10,15,23H,11-13H2,1-2H3,(H,24,25). The van der Waals surface area contributed by atoms with E-state index in [0.717, 1.165) is 23.5 Å². The van der Waals surface area contributed by atoms with Crippen LogP contribution in [0.5, 0.6) is 0 Å². The summed E-state index contributed by atoms with van der Waals surface area (Å²) in [6.45, 7) is 5.64. The van der Waals surface area contributed by atoms with Crippen molar-refractivity contribution in [2.24, 2.45) is 5.41 Å². The molecule has 5 nitrogen and oxygen atoms in total. The third-order valence-corrected chi connectivity index (χ3v) is 5.15. The van der Waals surface area contributed by atoms with Gasteiger partial charge in [-0.1, -0.05) is 13.8 Å². The molecule has 0 spiro atoms. The molecule has 0 saturated carbocycles. The number of nitrogens with one attached hydrogen (secondary N) is 2. The normalized spacial score (nSPS) is 19.2. The van der Waals surface area contributed by atoms with E-state index in [1.807, 2.05) is 23.2 Å². The molecule has 2 aromatic heterocycles. The van der Waals surface area contributed by atoms with Crippen LogP contribution in [0.4, 0.5) is 4.39 Å². The number of rotatable bonds is 3. The van der Waals surface area contributed by atoms with Crippen molar-refractivity contribution in [3.05, 3.63) is 65.7 Å². The second-order valence-electron chi connectivity index (χ2n) is 8.05. The summed E-state index contributed by atoms with van der Waals surface area (Å²) in [7, 11) is 0. The molecule has 1 atom stereocenters. The Labute approximate surface area is 157 Å². The van der Waals surface area contributed by atoms with E-state index in [0.29, 0.717) is 18.7 Å². The van der Waals surface area contributed by atoms with E-state index in [9.17, 15) is 9.18 Å². The molecule has 0 bridgehead atoms. The summed E-state index contributed by atoms with van der Waals surface area (Å²) in [6.07, 6.45) is 2.84. The number of amides is 1. The lowest BCUT2D eigenvalue weighted by molar-refractivity contribution is 0.0535. The molecule has 0 aliphatic carbocycles. The maximum Gasteiger partial charge on any atom is 0.253 e. The molecule has 1 aliphatic heterocycles.